The topological polar surface area (TPSA) is 18.5 Å². The largest absolute Gasteiger partial charge is 0.486 e. The van der Waals surface area contributed by atoms with Gasteiger partial charge in [0.15, 0.2) is 11.5 Å². The quantitative estimate of drug-likeness (QED) is 0.631. The van der Waals surface area contributed by atoms with Crippen LogP contribution < -0.4 is 9.47 Å². The Morgan fingerprint density at radius 3 is 2.67 bits per heavy atom. The van der Waals surface area contributed by atoms with Gasteiger partial charge in [-0.15, -0.1) is 11.6 Å². The molecule has 3 heteroatoms. The summed E-state index contributed by atoms with van der Waals surface area (Å²) in [7, 11) is 0. The van der Waals surface area contributed by atoms with Gasteiger partial charge in [-0.3, -0.25) is 0 Å². The van der Waals surface area contributed by atoms with Crippen molar-refractivity contribution in [2.75, 3.05) is 13.2 Å². The Kier molecular flexibility index (Phi) is 2.24. The van der Waals surface area contributed by atoms with Gasteiger partial charge >= 0.3 is 0 Å². The Labute approximate surface area is 94.1 Å². The Bertz CT molecular complexity index is 389. The van der Waals surface area contributed by atoms with E-state index in [0.29, 0.717) is 13.2 Å². The first-order chi connectivity index (χ1) is 7.34. The second kappa shape index (κ2) is 3.60. The molecule has 0 bridgehead atoms. The van der Waals surface area contributed by atoms with E-state index < -0.39 is 0 Å². The number of benzene rings is 1. The minimum atomic E-state index is 0.143. The molecule has 1 aromatic carbocycles. The third-order valence-electron chi connectivity index (χ3n) is 3.05. The number of fused-ring (bicyclic) bond motifs is 2. The molecule has 0 amide bonds. The molecule has 2 aliphatic rings. The lowest BCUT2D eigenvalue weighted by molar-refractivity contribution is 0.171. The van der Waals surface area contributed by atoms with Crippen molar-refractivity contribution in [2.45, 2.75) is 24.6 Å². The summed E-state index contributed by atoms with van der Waals surface area (Å²) >= 11 is 6.29. The van der Waals surface area contributed by atoms with Crippen LogP contribution in [0.15, 0.2) is 12.1 Å². The standard InChI is InChI=1S/C12H13ClO2/c13-10-3-1-2-8-6-11-12(7-9(8)10)15-5-4-14-11/h6-7,10H,1-5H2. The van der Waals surface area contributed by atoms with E-state index in [1.165, 1.54) is 17.5 Å². The fraction of sp³-hybridized carbons (Fsp3) is 0.500. The van der Waals surface area contributed by atoms with Gasteiger partial charge in [0.2, 0.25) is 0 Å². The van der Waals surface area contributed by atoms with Crippen molar-refractivity contribution in [3.63, 3.8) is 0 Å². The van der Waals surface area contributed by atoms with Crippen LogP contribution in [0.4, 0.5) is 0 Å². The van der Waals surface area contributed by atoms with Gasteiger partial charge in [-0.05, 0) is 42.5 Å². The number of ether oxygens (including phenoxy) is 2. The van der Waals surface area contributed by atoms with Gasteiger partial charge < -0.3 is 9.47 Å². The summed E-state index contributed by atoms with van der Waals surface area (Å²) in [5.41, 5.74) is 2.55. The van der Waals surface area contributed by atoms with Crippen LogP contribution in [-0.4, -0.2) is 13.2 Å². The molecule has 1 aliphatic heterocycles. The van der Waals surface area contributed by atoms with Crippen LogP contribution in [0.25, 0.3) is 0 Å². The van der Waals surface area contributed by atoms with Gasteiger partial charge in [0.05, 0.1) is 5.38 Å². The molecule has 0 saturated heterocycles. The normalized spacial score (nSPS) is 23.4. The third kappa shape index (κ3) is 1.57. The predicted octanol–water partition coefficient (Wildman–Crippen LogP) is 3.07. The first kappa shape index (κ1) is 9.34. The predicted molar refractivity (Wildman–Crippen MR) is 59.0 cm³/mol. The average molecular weight is 225 g/mol. The van der Waals surface area contributed by atoms with Crippen LogP contribution in [0.1, 0.15) is 29.3 Å². The molecule has 1 aliphatic carbocycles. The number of rotatable bonds is 0. The molecule has 1 aromatic rings. The first-order valence-corrected chi connectivity index (χ1v) is 5.85. The highest BCUT2D eigenvalue weighted by Crippen LogP contribution is 2.41. The van der Waals surface area contributed by atoms with Crippen LogP contribution in [0.2, 0.25) is 0 Å². The fourth-order valence-corrected chi connectivity index (χ4v) is 2.64. The first-order valence-electron chi connectivity index (χ1n) is 5.41. The van der Waals surface area contributed by atoms with E-state index in [1.807, 2.05) is 0 Å². The number of halogens is 1. The molecule has 80 valence electrons. The van der Waals surface area contributed by atoms with Crippen LogP contribution in [0, 0.1) is 0 Å². The summed E-state index contributed by atoms with van der Waals surface area (Å²) in [6.07, 6.45) is 3.34. The minimum absolute atomic E-state index is 0.143. The van der Waals surface area contributed by atoms with E-state index in [0.717, 1.165) is 24.3 Å². The molecule has 15 heavy (non-hydrogen) atoms. The summed E-state index contributed by atoms with van der Waals surface area (Å²) in [5, 5.41) is 0.143. The van der Waals surface area contributed by atoms with Gasteiger partial charge in [0.1, 0.15) is 13.2 Å². The molecule has 1 atom stereocenters. The molecule has 3 rings (SSSR count). The molecule has 0 saturated carbocycles. The number of hydrogen-bond donors (Lipinski definition) is 0. The molecule has 2 nitrogen and oxygen atoms in total. The van der Waals surface area contributed by atoms with Gasteiger partial charge in [0.25, 0.3) is 0 Å². The zero-order valence-corrected chi connectivity index (χ0v) is 9.22. The summed E-state index contributed by atoms with van der Waals surface area (Å²) in [5.74, 6) is 1.73. The number of hydrogen-bond acceptors (Lipinski definition) is 2. The van der Waals surface area contributed by atoms with Crippen molar-refractivity contribution in [1.82, 2.24) is 0 Å². The second-order valence-corrected chi connectivity index (χ2v) is 4.58. The second-order valence-electron chi connectivity index (χ2n) is 4.05. The van der Waals surface area contributed by atoms with Crippen LogP contribution in [0.5, 0.6) is 11.5 Å². The molecule has 0 spiro atoms. The fourth-order valence-electron chi connectivity index (χ4n) is 2.28. The molecular formula is C12H13ClO2. The van der Waals surface area contributed by atoms with Crippen molar-refractivity contribution < 1.29 is 9.47 Å². The SMILES string of the molecule is ClC1CCCc2cc3c(cc21)OCCO3. The lowest BCUT2D eigenvalue weighted by Crippen LogP contribution is -2.17. The van der Waals surface area contributed by atoms with Crippen molar-refractivity contribution in [2.24, 2.45) is 0 Å². The molecule has 0 fully saturated rings. The number of alkyl halides is 1. The van der Waals surface area contributed by atoms with Crippen molar-refractivity contribution in [1.29, 1.82) is 0 Å². The van der Waals surface area contributed by atoms with Gasteiger partial charge in [-0.1, -0.05) is 0 Å². The van der Waals surface area contributed by atoms with Gasteiger partial charge in [0, 0.05) is 0 Å². The van der Waals surface area contributed by atoms with E-state index in [-0.39, 0.29) is 5.38 Å². The Hall–Kier alpha value is -0.890. The van der Waals surface area contributed by atoms with Gasteiger partial charge in [-0.25, -0.2) is 0 Å². The highest BCUT2D eigenvalue weighted by molar-refractivity contribution is 6.21. The van der Waals surface area contributed by atoms with Crippen LogP contribution in [0.3, 0.4) is 0 Å². The zero-order valence-electron chi connectivity index (χ0n) is 8.46. The smallest absolute Gasteiger partial charge is 0.161 e. The van der Waals surface area contributed by atoms with Crippen molar-refractivity contribution >= 4 is 11.6 Å². The minimum Gasteiger partial charge on any atom is -0.486 e. The lowest BCUT2D eigenvalue weighted by atomic mass is 9.91. The summed E-state index contributed by atoms with van der Waals surface area (Å²) < 4.78 is 11.1. The Morgan fingerprint density at radius 1 is 1.13 bits per heavy atom. The summed E-state index contributed by atoms with van der Waals surface area (Å²) in [6.45, 7) is 1.29. The van der Waals surface area contributed by atoms with Crippen LogP contribution in [-0.2, 0) is 6.42 Å². The average Bonchev–Trinajstić information content (AvgIpc) is 2.27. The van der Waals surface area contributed by atoms with Crippen molar-refractivity contribution in [3.05, 3.63) is 23.3 Å². The zero-order chi connectivity index (χ0) is 10.3. The molecule has 0 radical (unpaired) electrons. The highest BCUT2D eigenvalue weighted by atomic mass is 35.5. The number of aryl methyl sites for hydroxylation is 1. The Balaban J connectivity index is 2.08. The molecule has 1 unspecified atom stereocenters. The molecule has 0 N–H and O–H groups in total. The molecule has 0 aromatic heterocycles. The van der Waals surface area contributed by atoms with E-state index in [4.69, 9.17) is 21.1 Å². The summed E-state index contributed by atoms with van der Waals surface area (Å²) in [6, 6.07) is 4.15. The monoisotopic (exact) mass is 224 g/mol. The van der Waals surface area contributed by atoms with E-state index >= 15 is 0 Å². The van der Waals surface area contributed by atoms with E-state index in [2.05, 4.69) is 12.1 Å². The molecule has 1 heterocycles. The maximum atomic E-state index is 6.29. The Morgan fingerprint density at radius 2 is 1.87 bits per heavy atom. The summed E-state index contributed by atoms with van der Waals surface area (Å²) in [4.78, 5) is 0. The molecular weight excluding hydrogens is 212 g/mol. The van der Waals surface area contributed by atoms with Crippen LogP contribution >= 0.6 is 11.6 Å². The van der Waals surface area contributed by atoms with E-state index in [1.54, 1.807) is 0 Å². The highest BCUT2D eigenvalue weighted by Gasteiger charge is 2.22. The lowest BCUT2D eigenvalue weighted by Gasteiger charge is -2.25. The maximum absolute atomic E-state index is 6.29. The van der Waals surface area contributed by atoms with Gasteiger partial charge in [-0.2, -0.15) is 0 Å². The van der Waals surface area contributed by atoms with E-state index in [9.17, 15) is 0 Å². The third-order valence-corrected chi connectivity index (χ3v) is 3.50. The maximum Gasteiger partial charge on any atom is 0.161 e. The van der Waals surface area contributed by atoms with Crippen molar-refractivity contribution in [3.8, 4) is 11.5 Å².